The smallest absolute Gasteiger partial charge is 0.183 e. The van der Waals surface area contributed by atoms with Gasteiger partial charge in [-0.3, -0.25) is 0 Å². The molecule has 2 aromatic rings. The molecule has 0 bridgehead atoms. The third kappa shape index (κ3) is 5.04. The second-order valence-electron chi connectivity index (χ2n) is 6.88. The monoisotopic (exact) mass is 336 g/mol. The molecule has 1 fully saturated rings. The van der Waals surface area contributed by atoms with Crippen molar-refractivity contribution in [1.82, 2.24) is 0 Å². The van der Waals surface area contributed by atoms with Gasteiger partial charge in [-0.25, -0.2) is 0 Å². The van der Waals surface area contributed by atoms with Crippen molar-refractivity contribution in [2.45, 2.75) is 44.8 Å². The fourth-order valence-electron chi connectivity index (χ4n) is 3.19. The topological polar surface area (TPSA) is 18.5 Å². The molecule has 2 aromatic carbocycles. The van der Waals surface area contributed by atoms with E-state index in [-0.39, 0.29) is 6.29 Å². The first-order chi connectivity index (χ1) is 12.3. The second-order valence-corrected chi connectivity index (χ2v) is 6.88. The van der Waals surface area contributed by atoms with Gasteiger partial charge in [0.1, 0.15) is 0 Å². The normalized spacial score (nSPS) is 20.4. The summed E-state index contributed by atoms with van der Waals surface area (Å²) in [5.41, 5.74) is 5.06. The highest BCUT2D eigenvalue weighted by atomic mass is 16.7. The number of ether oxygens (including phenoxy) is 2. The lowest BCUT2D eigenvalue weighted by Crippen LogP contribution is -2.25. The number of benzene rings is 2. The fraction of sp³-hybridized carbons (Fsp3) is 0.391. The van der Waals surface area contributed by atoms with Crippen molar-refractivity contribution in [3.63, 3.8) is 0 Å². The maximum Gasteiger partial charge on any atom is 0.183 e. The number of aryl methyl sites for hydroxylation is 2. The molecular formula is C23H28O2. The van der Waals surface area contributed by atoms with Crippen molar-refractivity contribution >= 4 is 0 Å². The van der Waals surface area contributed by atoms with Gasteiger partial charge in [0.25, 0.3) is 0 Å². The van der Waals surface area contributed by atoms with Crippen molar-refractivity contribution in [2.24, 2.45) is 0 Å². The molecule has 0 saturated carbocycles. The summed E-state index contributed by atoms with van der Waals surface area (Å²) in [6.45, 7) is 7.29. The van der Waals surface area contributed by atoms with Crippen LogP contribution in [0.1, 0.15) is 53.7 Å². The van der Waals surface area contributed by atoms with E-state index in [2.05, 4.69) is 62.0 Å². The Hall–Kier alpha value is -1.90. The van der Waals surface area contributed by atoms with E-state index in [1.807, 2.05) is 6.08 Å². The molecule has 0 N–H and O–H groups in total. The molecule has 0 unspecified atom stereocenters. The van der Waals surface area contributed by atoms with Crippen LogP contribution < -0.4 is 0 Å². The summed E-state index contributed by atoms with van der Waals surface area (Å²) in [6, 6.07) is 17.3. The maximum atomic E-state index is 5.98. The van der Waals surface area contributed by atoms with Crippen LogP contribution >= 0.6 is 0 Å². The highest BCUT2D eigenvalue weighted by Gasteiger charge is 2.24. The van der Waals surface area contributed by atoms with Gasteiger partial charge in [0.05, 0.1) is 13.2 Å². The molecule has 3 rings (SSSR count). The maximum absolute atomic E-state index is 5.98. The molecule has 1 heterocycles. The fourth-order valence-corrected chi connectivity index (χ4v) is 3.19. The first-order valence-electron chi connectivity index (χ1n) is 9.26. The highest BCUT2D eigenvalue weighted by molar-refractivity contribution is 5.26. The lowest BCUT2D eigenvalue weighted by Gasteiger charge is -2.30. The van der Waals surface area contributed by atoms with Crippen LogP contribution in [0.2, 0.25) is 0 Å². The number of rotatable bonds is 7. The lowest BCUT2D eigenvalue weighted by atomic mass is 9.99. The van der Waals surface area contributed by atoms with Crippen LogP contribution in [0.3, 0.4) is 0 Å². The quantitative estimate of drug-likeness (QED) is 0.475. The molecule has 0 aromatic heterocycles. The Balaban J connectivity index is 1.50. The van der Waals surface area contributed by atoms with Crippen molar-refractivity contribution in [2.75, 3.05) is 13.2 Å². The largest absolute Gasteiger partial charge is 0.348 e. The molecule has 0 atom stereocenters. The van der Waals surface area contributed by atoms with E-state index in [9.17, 15) is 0 Å². The molecule has 1 saturated heterocycles. The number of hydrogen-bond donors (Lipinski definition) is 0. The van der Waals surface area contributed by atoms with Gasteiger partial charge < -0.3 is 9.47 Å². The molecule has 0 radical (unpaired) electrons. The van der Waals surface area contributed by atoms with Crippen LogP contribution in [-0.4, -0.2) is 13.2 Å². The van der Waals surface area contributed by atoms with E-state index in [1.165, 1.54) is 29.5 Å². The van der Waals surface area contributed by atoms with Gasteiger partial charge in [-0.1, -0.05) is 60.2 Å². The Morgan fingerprint density at radius 3 is 2.20 bits per heavy atom. The van der Waals surface area contributed by atoms with E-state index >= 15 is 0 Å². The molecule has 0 amide bonds. The molecule has 132 valence electrons. The van der Waals surface area contributed by atoms with E-state index < -0.39 is 0 Å². The number of allylic oxidation sites excluding steroid dienone is 1. The van der Waals surface area contributed by atoms with Crippen LogP contribution in [0.5, 0.6) is 0 Å². The SMILES string of the molecule is C=CCCCCc1ccc(C2OCC(c3ccc(C)cc3)CO2)cc1. The van der Waals surface area contributed by atoms with E-state index in [0.717, 1.165) is 18.4 Å². The van der Waals surface area contributed by atoms with E-state index in [0.29, 0.717) is 19.1 Å². The second kappa shape index (κ2) is 8.98. The minimum Gasteiger partial charge on any atom is -0.348 e. The van der Waals surface area contributed by atoms with E-state index in [4.69, 9.17) is 9.47 Å². The van der Waals surface area contributed by atoms with Gasteiger partial charge in [0.2, 0.25) is 0 Å². The number of unbranched alkanes of at least 4 members (excludes halogenated alkanes) is 2. The van der Waals surface area contributed by atoms with Crippen LogP contribution in [0.4, 0.5) is 0 Å². The van der Waals surface area contributed by atoms with Crippen molar-refractivity contribution in [3.8, 4) is 0 Å². The molecule has 1 aliphatic rings. The predicted molar refractivity (Wildman–Crippen MR) is 103 cm³/mol. The highest BCUT2D eigenvalue weighted by Crippen LogP contribution is 2.30. The van der Waals surface area contributed by atoms with Crippen molar-refractivity contribution in [3.05, 3.63) is 83.4 Å². The Morgan fingerprint density at radius 2 is 1.56 bits per heavy atom. The zero-order valence-corrected chi connectivity index (χ0v) is 15.1. The van der Waals surface area contributed by atoms with Gasteiger partial charge in [-0.05, 0) is 43.7 Å². The molecule has 25 heavy (non-hydrogen) atoms. The summed E-state index contributed by atoms with van der Waals surface area (Å²) in [6.07, 6.45) is 6.39. The zero-order valence-electron chi connectivity index (χ0n) is 15.1. The molecular weight excluding hydrogens is 308 g/mol. The first-order valence-corrected chi connectivity index (χ1v) is 9.26. The van der Waals surface area contributed by atoms with Gasteiger partial charge in [0, 0.05) is 11.5 Å². The molecule has 2 nitrogen and oxygen atoms in total. The summed E-state index contributed by atoms with van der Waals surface area (Å²) in [5, 5.41) is 0. The molecule has 0 aliphatic carbocycles. The third-order valence-corrected chi connectivity index (χ3v) is 4.82. The average molecular weight is 336 g/mol. The van der Waals surface area contributed by atoms with Gasteiger partial charge >= 0.3 is 0 Å². The summed E-state index contributed by atoms with van der Waals surface area (Å²) in [4.78, 5) is 0. The molecule has 2 heteroatoms. The van der Waals surface area contributed by atoms with Crippen molar-refractivity contribution in [1.29, 1.82) is 0 Å². The average Bonchev–Trinajstić information content (AvgIpc) is 2.67. The minimum absolute atomic E-state index is 0.239. The summed E-state index contributed by atoms with van der Waals surface area (Å²) in [5.74, 6) is 0.320. The Kier molecular flexibility index (Phi) is 6.43. The van der Waals surface area contributed by atoms with Crippen LogP contribution in [-0.2, 0) is 15.9 Å². The van der Waals surface area contributed by atoms with E-state index in [1.54, 1.807) is 0 Å². The summed E-state index contributed by atoms with van der Waals surface area (Å²) < 4.78 is 12.0. The summed E-state index contributed by atoms with van der Waals surface area (Å²) in [7, 11) is 0. The molecule has 1 aliphatic heterocycles. The predicted octanol–water partition coefficient (Wildman–Crippen LogP) is 5.72. The Labute approximate surface area is 151 Å². The van der Waals surface area contributed by atoms with Gasteiger partial charge in [-0.2, -0.15) is 0 Å². The Bertz CT molecular complexity index is 649. The standard InChI is InChI=1S/C23H28O2/c1-3-4-5-6-7-19-10-14-21(15-11-19)23-24-16-22(17-25-23)20-12-8-18(2)9-13-20/h3,8-15,22-23H,1,4-7,16-17H2,2H3. The number of hydrogen-bond acceptors (Lipinski definition) is 2. The zero-order chi connectivity index (χ0) is 17.5. The van der Waals surface area contributed by atoms with Gasteiger partial charge in [0.15, 0.2) is 6.29 Å². The van der Waals surface area contributed by atoms with Crippen molar-refractivity contribution < 1.29 is 9.47 Å². The van der Waals surface area contributed by atoms with Crippen LogP contribution in [0.15, 0.2) is 61.2 Å². The Morgan fingerprint density at radius 1 is 0.920 bits per heavy atom. The lowest BCUT2D eigenvalue weighted by molar-refractivity contribution is -0.191. The van der Waals surface area contributed by atoms with Gasteiger partial charge in [-0.15, -0.1) is 6.58 Å². The molecule has 0 spiro atoms. The minimum atomic E-state index is -0.239. The van der Waals surface area contributed by atoms with Crippen LogP contribution in [0, 0.1) is 6.92 Å². The van der Waals surface area contributed by atoms with Crippen LogP contribution in [0.25, 0.3) is 0 Å². The summed E-state index contributed by atoms with van der Waals surface area (Å²) >= 11 is 0. The first kappa shape index (κ1) is 17.9. The third-order valence-electron chi connectivity index (χ3n) is 4.82.